The molecule has 0 saturated heterocycles. The fourth-order valence-corrected chi connectivity index (χ4v) is 2.44. The number of halogens is 1. The first kappa shape index (κ1) is 9.97. The van der Waals surface area contributed by atoms with Crippen molar-refractivity contribution in [2.24, 2.45) is 5.73 Å². The molecule has 0 amide bonds. The van der Waals surface area contributed by atoms with Crippen molar-refractivity contribution in [3.8, 4) is 0 Å². The van der Waals surface area contributed by atoms with Crippen LogP contribution in [0.5, 0.6) is 0 Å². The lowest BCUT2D eigenvalue weighted by Crippen LogP contribution is -2.19. The second-order valence-electron chi connectivity index (χ2n) is 3.76. The molecule has 3 heteroatoms. The highest BCUT2D eigenvalue weighted by Crippen LogP contribution is 2.35. The van der Waals surface area contributed by atoms with E-state index in [1.165, 1.54) is 0 Å². The highest BCUT2D eigenvalue weighted by Gasteiger charge is 2.21. The number of fused-ring (bicyclic) bond motifs is 1. The van der Waals surface area contributed by atoms with E-state index in [0.29, 0.717) is 0 Å². The first-order valence-corrected chi connectivity index (χ1v) is 5.28. The summed E-state index contributed by atoms with van der Waals surface area (Å²) in [5.41, 5.74) is 9.16. The van der Waals surface area contributed by atoms with Crippen molar-refractivity contribution in [1.29, 1.82) is 0 Å². The van der Waals surface area contributed by atoms with E-state index in [4.69, 9.17) is 17.3 Å². The second kappa shape index (κ2) is 3.89. The summed E-state index contributed by atoms with van der Waals surface area (Å²) in [4.78, 5) is 0. The van der Waals surface area contributed by atoms with Gasteiger partial charge < -0.3 is 10.8 Å². The number of aliphatic hydroxyl groups excluding tert-OH is 1. The highest BCUT2D eigenvalue weighted by molar-refractivity contribution is 6.31. The van der Waals surface area contributed by atoms with Crippen molar-refractivity contribution < 1.29 is 5.11 Å². The van der Waals surface area contributed by atoms with E-state index in [9.17, 15) is 5.11 Å². The van der Waals surface area contributed by atoms with Crippen molar-refractivity contribution in [3.63, 3.8) is 0 Å². The van der Waals surface area contributed by atoms with E-state index in [0.717, 1.165) is 41.0 Å². The Hall–Kier alpha value is -0.570. The summed E-state index contributed by atoms with van der Waals surface area (Å²) >= 11 is 6.10. The third kappa shape index (κ3) is 1.54. The van der Waals surface area contributed by atoms with Gasteiger partial charge in [0.25, 0.3) is 0 Å². The Balaban J connectivity index is 2.58. The van der Waals surface area contributed by atoms with Gasteiger partial charge in [-0.05, 0) is 42.0 Å². The minimum absolute atomic E-state index is 0.0413. The third-order valence-electron chi connectivity index (χ3n) is 2.87. The van der Waals surface area contributed by atoms with Gasteiger partial charge in [-0.3, -0.25) is 0 Å². The molecule has 0 saturated carbocycles. The fourth-order valence-electron chi connectivity index (χ4n) is 2.18. The Morgan fingerprint density at radius 3 is 3.00 bits per heavy atom. The molecule has 0 radical (unpaired) electrons. The Bertz CT molecular complexity index is 351. The summed E-state index contributed by atoms with van der Waals surface area (Å²) in [6.45, 7) is 0.0488. The lowest BCUT2D eigenvalue weighted by Gasteiger charge is -2.25. The zero-order valence-electron chi connectivity index (χ0n) is 7.96. The van der Waals surface area contributed by atoms with Crippen molar-refractivity contribution in [1.82, 2.24) is 0 Å². The maximum atomic E-state index is 9.20. The Kier molecular flexibility index (Phi) is 2.77. The largest absolute Gasteiger partial charge is 0.392 e. The Labute approximate surface area is 88.7 Å². The average Bonchev–Trinajstić information content (AvgIpc) is 2.20. The molecule has 0 aliphatic heterocycles. The van der Waals surface area contributed by atoms with Gasteiger partial charge in [0.15, 0.2) is 0 Å². The summed E-state index contributed by atoms with van der Waals surface area (Å²) in [7, 11) is 0. The van der Waals surface area contributed by atoms with Crippen LogP contribution < -0.4 is 5.73 Å². The van der Waals surface area contributed by atoms with Crippen LogP contribution in [-0.2, 0) is 13.0 Å². The molecule has 0 spiro atoms. The van der Waals surface area contributed by atoms with E-state index in [-0.39, 0.29) is 12.6 Å². The Morgan fingerprint density at radius 2 is 2.29 bits per heavy atom. The molecular weight excluding hydrogens is 198 g/mol. The average molecular weight is 212 g/mol. The van der Waals surface area contributed by atoms with Crippen molar-refractivity contribution in [2.75, 3.05) is 0 Å². The molecule has 2 rings (SSSR count). The number of rotatable bonds is 1. The van der Waals surface area contributed by atoms with Crippen molar-refractivity contribution in [2.45, 2.75) is 31.9 Å². The van der Waals surface area contributed by atoms with Crippen molar-refractivity contribution in [3.05, 3.63) is 33.8 Å². The minimum atomic E-state index is 0.0413. The monoisotopic (exact) mass is 211 g/mol. The summed E-state index contributed by atoms with van der Waals surface area (Å²) < 4.78 is 0. The lowest BCUT2D eigenvalue weighted by atomic mass is 9.85. The predicted octanol–water partition coefficient (Wildman–Crippen LogP) is 2.17. The number of nitrogens with two attached hydrogens (primary N) is 1. The van der Waals surface area contributed by atoms with Gasteiger partial charge in [-0.15, -0.1) is 0 Å². The number of hydrogen-bond donors (Lipinski definition) is 2. The number of aliphatic hydroxyl groups is 1. The third-order valence-corrected chi connectivity index (χ3v) is 3.23. The molecule has 76 valence electrons. The van der Waals surface area contributed by atoms with E-state index in [1.807, 2.05) is 12.1 Å². The molecule has 0 heterocycles. The smallest absolute Gasteiger partial charge is 0.0685 e. The van der Waals surface area contributed by atoms with Gasteiger partial charge in [0, 0.05) is 11.1 Å². The lowest BCUT2D eigenvalue weighted by molar-refractivity contribution is 0.279. The van der Waals surface area contributed by atoms with Crippen LogP contribution in [0.3, 0.4) is 0 Å². The van der Waals surface area contributed by atoms with E-state index < -0.39 is 0 Å². The molecule has 14 heavy (non-hydrogen) atoms. The molecule has 1 atom stereocenters. The topological polar surface area (TPSA) is 46.2 Å². The van der Waals surface area contributed by atoms with E-state index in [2.05, 4.69) is 0 Å². The standard InChI is InChI=1S/C11H14ClNO/c12-9-5-4-7(6-14)11-8(9)2-1-3-10(11)13/h4-5,10,14H,1-3,6,13H2/t10-/m1/s1. The summed E-state index contributed by atoms with van der Waals surface area (Å²) in [5, 5.41) is 9.99. The minimum Gasteiger partial charge on any atom is -0.392 e. The van der Waals surface area contributed by atoms with Crippen molar-refractivity contribution >= 4 is 11.6 Å². The summed E-state index contributed by atoms with van der Waals surface area (Å²) in [5.74, 6) is 0. The molecule has 0 bridgehead atoms. The van der Waals surface area contributed by atoms with Crippen LogP contribution >= 0.6 is 11.6 Å². The predicted molar refractivity (Wildman–Crippen MR) is 57.2 cm³/mol. The van der Waals surface area contributed by atoms with Gasteiger partial charge in [0.2, 0.25) is 0 Å². The van der Waals surface area contributed by atoms with Crippen LogP contribution in [0.1, 0.15) is 35.6 Å². The highest BCUT2D eigenvalue weighted by atomic mass is 35.5. The molecule has 0 fully saturated rings. The van der Waals surface area contributed by atoms with Gasteiger partial charge >= 0.3 is 0 Å². The molecule has 0 aromatic heterocycles. The summed E-state index contributed by atoms with van der Waals surface area (Å²) in [6, 6.07) is 3.76. The van der Waals surface area contributed by atoms with E-state index >= 15 is 0 Å². The van der Waals surface area contributed by atoms with Gasteiger partial charge in [-0.2, -0.15) is 0 Å². The zero-order valence-corrected chi connectivity index (χ0v) is 8.72. The fraction of sp³-hybridized carbons (Fsp3) is 0.455. The normalized spacial score (nSPS) is 20.6. The second-order valence-corrected chi connectivity index (χ2v) is 4.16. The van der Waals surface area contributed by atoms with Crippen LogP contribution in [0.25, 0.3) is 0 Å². The summed E-state index contributed by atoms with van der Waals surface area (Å²) in [6.07, 6.45) is 3.05. The molecular formula is C11H14ClNO. The van der Waals surface area contributed by atoms with Gasteiger partial charge in [-0.1, -0.05) is 17.7 Å². The molecule has 0 unspecified atom stereocenters. The van der Waals surface area contributed by atoms with Crippen LogP contribution in [0, 0.1) is 0 Å². The number of benzene rings is 1. The maximum Gasteiger partial charge on any atom is 0.0685 e. The first-order valence-electron chi connectivity index (χ1n) is 4.90. The van der Waals surface area contributed by atoms with Gasteiger partial charge in [-0.25, -0.2) is 0 Å². The number of hydrogen-bond acceptors (Lipinski definition) is 2. The van der Waals surface area contributed by atoms with Gasteiger partial charge in [0.1, 0.15) is 0 Å². The quantitative estimate of drug-likeness (QED) is 0.748. The maximum absolute atomic E-state index is 9.20. The van der Waals surface area contributed by atoms with Crippen LogP contribution in [0.2, 0.25) is 5.02 Å². The van der Waals surface area contributed by atoms with E-state index in [1.54, 1.807) is 0 Å². The molecule has 1 aliphatic rings. The van der Waals surface area contributed by atoms with Crippen LogP contribution in [-0.4, -0.2) is 5.11 Å². The SMILES string of the molecule is N[C@@H]1CCCc2c(Cl)ccc(CO)c21. The zero-order chi connectivity index (χ0) is 10.1. The molecule has 2 nitrogen and oxygen atoms in total. The van der Waals surface area contributed by atoms with Crippen LogP contribution in [0.4, 0.5) is 0 Å². The molecule has 1 aromatic rings. The Morgan fingerprint density at radius 1 is 1.50 bits per heavy atom. The molecule has 3 N–H and O–H groups in total. The first-order chi connectivity index (χ1) is 6.74. The molecule has 1 aliphatic carbocycles. The van der Waals surface area contributed by atoms with Crippen LogP contribution in [0.15, 0.2) is 12.1 Å². The van der Waals surface area contributed by atoms with Gasteiger partial charge in [0.05, 0.1) is 6.61 Å². The molecule has 1 aromatic carbocycles.